The van der Waals surface area contributed by atoms with Gasteiger partial charge in [-0.05, 0) is 60.4 Å². The summed E-state index contributed by atoms with van der Waals surface area (Å²) < 4.78 is 44.2. The van der Waals surface area contributed by atoms with Gasteiger partial charge in [0.15, 0.2) is 0 Å². The van der Waals surface area contributed by atoms with Crippen LogP contribution in [0.1, 0.15) is 39.6 Å². The van der Waals surface area contributed by atoms with Crippen molar-refractivity contribution in [2.75, 3.05) is 44.2 Å². The summed E-state index contributed by atoms with van der Waals surface area (Å²) in [6, 6.07) is 11.0. The predicted octanol–water partition coefficient (Wildman–Crippen LogP) is 3.63. The quantitative estimate of drug-likeness (QED) is 0.783. The zero-order valence-corrected chi connectivity index (χ0v) is 17.2. The SMILES string of the molecule is NC(=O)c1ccc2c(c1)CCO[C@H]2CCN1CCN(c2ccc(C(F)(F)F)cc2)CC1. The molecule has 2 aromatic rings. The molecule has 1 atom stereocenters. The number of piperazine rings is 1. The third kappa shape index (κ3) is 5.02. The van der Waals surface area contributed by atoms with Crippen LogP contribution >= 0.6 is 0 Å². The summed E-state index contributed by atoms with van der Waals surface area (Å²) in [4.78, 5) is 15.9. The largest absolute Gasteiger partial charge is 0.416 e. The first kappa shape index (κ1) is 21.6. The van der Waals surface area contributed by atoms with Crippen LogP contribution in [0.4, 0.5) is 18.9 Å². The van der Waals surface area contributed by atoms with Gasteiger partial charge >= 0.3 is 6.18 Å². The predicted molar refractivity (Wildman–Crippen MR) is 112 cm³/mol. The van der Waals surface area contributed by atoms with Gasteiger partial charge in [-0.15, -0.1) is 0 Å². The number of alkyl halides is 3. The van der Waals surface area contributed by atoms with E-state index in [0.29, 0.717) is 12.2 Å². The van der Waals surface area contributed by atoms with Crippen LogP contribution in [0.5, 0.6) is 0 Å². The fourth-order valence-electron chi connectivity index (χ4n) is 4.32. The lowest BCUT2D eigenvalue weighted by atomic mass is 9.93. The molecule has 2 aliphatic heterocycles. The van der Waals surface area contributed by atoms with Gasteiger partial charge in [-0.2, -0.15) is 13.2 Å². The van der Waals surface area contributed by atoms with Crippen LogP contribution in [-0.2, 0) is 17.3 Å². The second-order valence-electron chi connectivity index (χ2n) is 8.05. The molecule has 0 aliphatic carbocycles. The molecule has 2 heterocycles. The molecule has 1 fully saturated rings. The highest BCUT2D eigenvalue weighted by atomic mass is 19.4. The zero-order chi connectivity index (χ0) is 22.0. The normalized spacial score (nSPS) is 19.8. The van der Waals surface area contributed by atoms with Gasteiger partial charge in [-0.25, -0.2) is 0 Å². The lowest BCUT2D eigenvalue weighted by molar-refractivity contribution is -0.137. The van der Waals surface area contributed by atoms with Crippen molar-refractivity contribution >= 4 is 11.6 Å². The van der Waals surface area contributed by atoms with Crippen molar-refractivity contribution in [2.45, 2.75) is 25.1 Å². The molecule has 1 saturated heterocycles. The molecule has 0 bridgehead atoms. The van der Waals surface area contributed by atoms with Crippen molar-refractivity contribution in [1.82, 2.24) is 4.90 Å². The number of carbonyl (C=O) groups excluding carboxylic acids is 1. The van der Waals surface area contributed by atoms with Crippen LogP contribution in [0.15, 0.2) is 42.5 Å². The molecule has 0 aromatic heterocycles. The topological polar surface area (TPSA) is 58.8 Å². The number of hydrogen-bond acceptors (Lipinski definition) is 4. The number of primary amides is 1. The number of fused-ring (bicyclic) bond motifs is 1. The number of rotatable bonds is 5. The maximum absolute atomic E-state index is 12.7. The fraction of sp³-hybridized carbons (Fsp3) is 0.435. The van der Waals surface area contributed by atoms with Gasteiger partial charge in [0.05, 0.1) is 18.3 Å². The number of hydrogen-bond donors (Lipinski definition) is 1. The van der Waals surface area contributed by atoms with E-state index in [2.05, 4.69) is 9.80 Å². The van der Waals surface area contributed by atoms with E-state index in [1.165, 1.54) is 0 Å². The molecule has 2 N–H and O–H groups in total. The van der Waals surface area contributed by atoms with E-state index in [0.717, 1.165) is 74.5 Å². The Balaban J connectivity index is 1.30. The molecule has 5 nitrogen and oxygen atoms in total. The first-order chi connectivity index (χ1) is 14.8. The molecule has 2 aliphatic rings. The van der Waals surface area contributed by atoms with Gasteiger partial charge in [0, 0.05) is 44.0 Å². The van der Waals surface area contributed by atoms with E-state index in [1.807, 2.05) is 12.1 Å². The first-order valence-electron chi connectivity index (χ1n) is 10.5. The molecular formula is C23H26F3N3O2. The monoisotopic (exact) mass is 433 g/mol. The molecule has 2 aromatic carbocycles. The van der Waals surface area contributed by atoms with Crippen molar-refractivity contribution in [2.24, 2.45) is 5.73 Å². The summed E-state index contributed by atoms with van der Waals surface area (Å²) in [5.41, 5.74) is 8.36. The zero-order valence-electron chi connectivity index (χ0n) is 17.2. The van der Waals surface area contributed by atoms with Crippen molar-refractivity contribution in [3.8, 4) is 0 Å². The average Bonchev–Trinajstić information content (AvgIpc) is 2.77. The van der Waals surface area contributed by atoms with E-state index < -0.39 is 17.6 Å². The lowest BCUT2D eigenvalue weighted by Gasteiger charge is -2.37. The van der Waals surface area contributed by atoms with Crippen LogP contribution in [0.3, 0.4) is 0 Å². The molecule has 0 unspecified atom stereocenters. The van der Waals surface area contributed by atoms with Gasteiger partial charge in [-0.3, -0.25) is 9.69 Å². The molecule has 1 amide bonds. The van der Waals surface area contributed by atoms with Crippen LogP contribution in [0.25, 0.3) is 0 Å². The number of carbonyl (C=O) groups is 1. The molecule has 8 heteroatoms. The highest BCUT2D eigenvalue weighted by molar-refractivity contribution is 5.93. The van der Waals surface area contributed by atoms with Crippen LogP contribution in [0.2, 0.25) is 0 Å². The Morgan fingerprint density at radius 3 is 2.42 bits per heavy atom. The van der Waals surface area contributed by atoms with E-state index in [1.54, 1.807) is 18.2 Å². The number of nitrogens with two attached hydrogens (primary N) is 1. The Morgan fingerprint density at radius 1 is 1.06 bits per heavy atom. The van der Waals surface area contributed by atoms with E-state index in [9.17, 15) is 18.0 Å². The Kier molecular flexibility index (Phi) is 6.20. The standard InChI is InChI=1S/C23H26F3N3O2/c24-23(25,26)18-2-4-19(5-3-18)29-12-10-28(11-13-29)9-7-21-20-6-1-17(22(27)30)15-16(20)8-14-31-21/h1-6,15,21H,7-14H2,(H2,27,30)/t21-/m0/s1. The summed E-state index contributed by atoms with van der Waals surface area (Å²) in [7, 11) is 0. The Labute approximate surface area is 179 Å². The van der Waals surface area contributed by atoms with Crippen LogP contribution in [-0.4, -0.2) is 50.1 Å². The Bertz CT molecular complexity index is 923. The summed E-state index contributed by atoms with van der Waals surface area (Å²) in [6.07, 6.45) is -2.68. The minimum absolute atomic E-state index is 0.00128. The van der Waals surface area contributed by atoms with E-state index in [-0.39, 0.29) is 6.10 Å². The number of nitrogens with zero attached hydrogens (tertiary/aromatic N) is 2. The summed E-state index contributed by atoms with van der Waals surface area (Å²) in [6.45, 7) is 4.75. The second kappa shape index (κ2) is 8.88. The number of amides is 1. The van der Waals surface area contributed by atoms with E-state index >= 15 is 0 Å². The molecule has 0 saturated carbocycles. The number of halogens is 3. The lowest BCUT2D eigenvalue weighted by Crippen LogP contribution is -2.47. The number of benzene rings is 2. The minimum Gasteiger partial charge on any atom is -0.373 e. The average molecular weight is 433 g/mol. The first-order valence-corrected chi connectivity index (χ1v) is 10.5. The van der Waals surface area contributed by atoms with Crippen LogP contribution < -0.4 is 10.6 Å². The second-order valence-corrected chi connectivity index (χ2v) is 8.05. The van der Waals surface area contributed by atoms with Crippen molar-refractivity contribution in [1.29, 1.82) is 0 Å². The molecular weight excluding hydrogens is 407 g/mol. The number of ether oxygens (including phenoxy) is 1. The maximum Gasteiger partial charge on any atom is 0.416 e. The summed E-state index contributed by atoms with van der Waals surface area (Å²) in [5.74, 6) is -0.420. The summed E-state index contributed by atoms with van der Waals surface area (Å²) in [5, 5.41) is 0. The van der Waals surface area contributed by atoms with Gasteiger partial charge in [0.1, 0.15) is 0 Å². The smallest absolute Gasteiger partial charge is 0.373 e. The third-order valence-corrected chi connectivity index (χ3v) is 6.10. The van der Waals surface area contributed by atoms with E-state index in [4.69, 9.17) is 10.5 Å². The molecule has 0 radical (unpaired) electrons. The van der Waals surface area contributed by atoms with Crippen LogP contribution in [0, 0.1) is 0 Å². The third-order valence-electron chi connectivity index (χ3n) is 6.10. The maximum atomic E-state index is 12.7. The van der Waals surface area contributed by atoms with Gasteiger partial charge in [0.2, 0.25) is 5.91 Å². The highest BCUT2D eigenvalue weighted by Crippen LogP contribution is 2.32. The molecule has 4 rings (SSSR count). The molecule has 31 heavy (non-hydrogen) atoms. The number of anilines is 1. The van der Waals surface area contributed by atoms with Crippen molar-refractivity contribution in [3.63, 3.8) is 0 Å². The van der Waals surface area contributed by atoms with Crippen molar-refractivity contribution in [3.05, 3.63) is 64.7 Å². The minimum atomic E-state index is -4.31. The van der Waals surface area contributed by atoms with Crippen molar-refractivity contribution < 1.29 is 22.7 Å². The van der Waals surface area contributed by atoms with Gasteiger partial charge < -0.3 is 15.4 Å². The fourth-order valence-corrected chi connectivity index (χ4v) is 4.32. The molecule has 166 valence electrons. The summed E-state index contributed by atoms with van der Waals surface area (Å²) >= 11 is 0. The van der Waals surface area contributed by atoms with Gasteiger partial charge in [0.25, 0.3) is 0 Å². The Morgan fingerprint density at radius 2 is 1.77 bits per heavy atom. The van der Waals surface area contributed by atoms with Gasteiger partial charge in [-0.1, -0.05) is 6.07 Å². The Hall–Kier alpha value is -2.58. The highest BCUT2D eigenvalue weighted by Gasteiger charge is 2.30. The molecule has 0 spiro atoms.